The van der Waals surface area contributed by atoms with Crippen molar-refractivity contribution in [3.63, 3.8) is 0 Å². The number of nitrogens with one attached hydrogen (secondary N) is 1. The number of sulfonamides is 1. The van der Waals surface area contributed by atoms with E-state index in [0.29, 0.717) is 16.3 Å². The first-order valence-corrected chi connectivity index (χ1v) is 13.3. The maximum absolute atomic E-state index is 13.8. The van der Waals surface area contributed by atoms with Crippen LogP contribution < -0.4 is 9.62 Å². The van der Waals surface area contributed by atoms with E-state index in [-0.39, 0.29) is 17.3 Å². The third kappa shape index (κ3) is 6.25. The number of carbonyl (C=O) groups excluding carboxylic acids is 2. The summed E-state index contributed by atoms with van der Waals surface area (Å²) in [7, 11) is -2.60. The van der Waals surface area contributed by atoms with Gasteiger partial charge in [-0.05, 0) is 67.8 Å². The van der Waals surface area contributed by atoms with Gasteiger partial charge in [0.15, 0.2) is 0 Å². The molecule has 3 aromatic carbocycles. The highest BCUT2D eigenvalue weighted by atomic mass is 35.5. The van der Waals surface area contributed by atoms with Crippen molar-refractivity contribution in [2.45, 2.75) is 38.3 Å². The average molecular weight is 528 g/mol. The first kappa shape index (κ1) is 27.2. The van der Waals surface area contributed by atoms with Crippen LogP contribution in [0, 0.1) is 13.8 Å². The van der Waals surface area contributed by atoms with Crippen LogP contribution in [-0.2, 0) is 26.2 Å². The zero-order valence-electron chi connectivity index (χ0n) is 20.7. The maximum Gasteiger partial charge on any atom is 0.264 e. The molecule has 0 saturated carbocycles. The molecule has 2 amide bonds. The Morgan fingerprint density at radius 3 is 2.31 bits per heavy atom. The molecule has 1 atom stereocenters. The summed E-state index contributed by atoms with van der Waals surface area (Å²) in [5, 5.41) is 3.06. The molecule has 190 valence electrons. The molecule has 36 heavy (non-hydrogen) atoms. The van der Waals surface area contributed by atoms with Crippen LogP contribution in [0.3, 0.4) is 0 Å². The van der Waals surface area contributed by atoms with Crippen LogP contribution in [0.15, 0.2) is 77.7 Å². The molecule has 0 fully saturated rings. The summed E-state index contributed by atoms with van der Waals surface area (Å²) in [6.45, 7) is 4.86. The molecule has 0 saturated heterocycles. The van der Waals surface area contributed by atoms with Crippen LogP contribution in [-0.4, -0.2) is 44.8 Å². The third-order valence-electron chi connectivity index (χ3n) is 5.90. The summed E-state index contributed by atoms with van der Waals surface area (Å²) in [6, 6.07) is 19.6. The Morgan fingerprint density at radius 1 is 0.972 bits per heavy atom. The van der Waals surface area contributed by atoms with Crippen LogP contribution in [0.5, 0.6) is 0 Å². The number of benzene rings is 3. The third-order valence-corrected chi connectivity index (χ3v) is 7.91. The quantitative estimate of drug-likeness (QED) is 0.449. The summed E-state index contributed by atoms with van der Waals surface area (Å²) in [4.78, 5) is 27.7. The maximum atomic E-state index is 13.8. The molecule has 3 aromatic rings. The summed E-state index contributed by atoms with van der Waals surface area (Å²) in [6.07, 6.45) is 0. The minimum atomic E-state index is -4.09. The van der Waals surface area contributed by atoms with Gasteiger partial charge in [0.2, 0.25) is 11.8 Å². The first-order valence-electron chi connectivity index (χ1n) is 11.4. The molecule has 0 aromatic heterocycles. The van der Waals surface area contributed by atoms with Gasteiger partial charge in [-0.15, -0.1) is 0 Å². The highest BCUT2D eigenvalue weighted by Crippen LogP contribution is 2.28. The number of nitrogens with zero attached hydrogens (tertiary/aromatic N) is 2. The Hall–Kier alpha value is -3.36. The second-order valence-electron chi connectivity index (χ2n) is 8.56. The fourth-order valence-electron chi connectivity index (χ4n) is 3.84. The second kappa shape index (κ2) is 11.6. The Balaban J connectivity index is 2.07. The normalized spacial score (nSPS) is 12.0. The van der Waals surface area contributed by atoms with Crippen LogP contribution in [0.4, 0.5) is 5.69 Å². The van der Waals surface area contributed by atoms with Crippen molar-refractivity contribution < 1.29 is 18.0 Å². The highest BCUT2D eigenvalue weighted by Gasteiger charge is 2.32. The highest BCUT2D eigenvalue weighted by molar-refractivity contribution is 7.92. The van der Waals surface area contributed by atoms with Crippen molar-refractivity contribution in [2.24, 2.45) is 0 Å². The van der Waals surface area contributed by atoms with Gasteiger partial charge in [0.05, 0.1) is 10.6 Å². The minimum Gasteiger partial charge on any atom is -0.357 e. The van der Waals surface area contributed by atoms with E-state index < -0.39 is 28.5 Å². The molecule has 0 aliphatic rings. The van der Waals surface area contributed by atoms with Gasteiger partial charge in [0.1, 0.15) is 12.6 Å². The van der Waals surface area contributed by atoms with Gasteiger partial charge >= 0.3 is 0 Å². The number of likely N-dealkylation sites (N-methyl/N-ethyl adjacent to an activating group) is 1. The van der Waals surface area contributed by atoms with Crippen LogP contribution >= 0.6 is 11.6 Å². The number of halogens is 1. The van der Waals surface area contributed by atoms with Crippen LogP contribution in [0.1, 0.15) is 23.6 Å². The monoisotopic (exact) mass is 527 g/mol. The predicted octanol–water partition coefficient (Wildman–Crippen LogP) is 4.32. The minimum absolute atomic E-state index is 0.0689. The molecule has 9 heteroatoms. The number of hydrogen-bond donors (Lipinski definition) is 1. The van der Waals surface area contributed by atoms with Gasteiger partial charge in [-0.3, -0.25) is 13.9 Å². The smallest absolute Gasteiger partial charge is 0.264 e. The summed E-state index contributed by atoms with van der Waals surface area (Å²) in [5.41, 5.74) is 2.68. The predicted molar refractivity (Wildman–Crippen MR) is 142 cm³/mol. The van der Waals surface area contributed by atoms with Crippen molar-refractivity contribution in [2.75, 3.05) is 17.9 Å². The van der Waals surface area contributed by atoms with Crippen molar-refractivity contribution >= 4 is 39.1 Å². The van der Waals surface area contributed by atoms with Gasteiger partial charge < -0.3 is 10.2 Å². The molecular weight excluding hydrogens is 498 g/mol. The van der Waals surface area contributed by atoms with E-state index in [1.54, 1.807) is 62.4 Å². The second-order valence-corrected chi connectivity index (χ2v) is 10.9. The van der Waals surface area contributed by atoms with E-state index in [9.17, 15) is 18.0 Å². The van der Waals surface area contributed by atoms with Gasteiger partial charge in [-0.25, -0.2) is 8.42 Å². The molecule has 7 nitrogen and oxygen atoms in total. The lowest BCUT2D eigenvalue weighted by molar-refractivity contribution is -0.139. The first-order chi connectivity index (χ1) is 17.0. The van der Waals surface area contributed by atoms with E-state index in [1.165, 1.54) is 24.1 Å². The molecule has 0 heterocycles. The Bertz CT molecular complexity index is 1350. The van der Waals surface area contributed by atoms with Gasteiger partial charge in [-0.2, -0.15) is 0 Å². The van der Waals surface area contributed by atoms with Crippen molar-refractivity contribution in [3.8, 4) is 0 Å². The standard InChI is InChI=1S/C27H30ClN3O4S/c1-19-13-14-20(2)25(15-19)31(36(34,35)24-11-6-5-7-12-24)18-26(32)30(21(3)27(33)29-4)17-22-9-8-10-23(28)16-22/h5-16,21H,17-18H2,1-4H3,(H,29,33). The zero-order chi connectivity index (χ0) is 26.5. The van der Waals surface area contributed by atoms with E-state index in [4.69, 9.17) is 11.6 Å². The number of amides is 2. The lowest BCUT2D eigenvalue weighted by atomic mass is 10.1. The molecule has 0 aliphatic carbocycles. The molecule has 3 rings (SSSR count). The molecular formula is C27H30ClN3O4S. The zero-order valence-corrected chi connectivity index (χ0v) is 22.3. The number of aryl methyl sites for hydroxylation is 2. The largest absolute Gasteiger partial charge is 0.357 e. The summed E-state index contributed by atoms with van der Waals surface area (Å²) >= 11 is 6.13. The molecule has 1 N–H and O–H groups in total. The van der Waals surface area contributed by atoms with Crippen molar-refractivity contribution in [3.05, 3.63) is 94.5 Å². The molecule has 0 radical (unpaired) electrons. The summed E-state index contributed by atoms with van der Waals surface area (Å²) in [5.74, 6) is -0.888. The van der Waals surface area contributed by atoms with E-state index >= 15 is 0 Å². The number of hydrogen-bond acceptors (Lipinski definition) is 4. The topological polar surface area (TPSA) is 86.8 Å². The Labute approximate surface area is 217 Å². The van der Waals surface area contributed by atoms with E-state index in [0.717, 1.165) is 15.4 Å². The van der Waals surface area contributed by atoms with E-state index in [2.05, 4.69) is 5.32 Å². The van der Waals surface area contributed by atoms with Gasteiger partial charge in [0.25, 0.3) is 10.0 Å². The molecule has 0 aliphatic heterocycles. The van der Waals surface area contributed by atoms with Gasteiger partial charge in [-0.1, -0.05) is 54.1 Å². The molecule has 1 unspecified atom stereocenters. The van der Waals surface area contributed by atoms with Crippen LogP contribution in [0.2, 0.25) is 5.02 Å². The van der Waals surface area contributed by atoms with E-state index in [1.807, 2.05) is 19.1 Å². The lowest BCUT2D eigenvalue weighted by Gasteiger charge is -2.32. The average Bonchev–Trinajstić information content (AvgIpc) is 2.86. The van der Waals surface area contributed by atoms with Crippen LogP contribution in [0.25, 0.3) is 0 Å². The van der Waals surface area contributed by atoms with Crippen molar-refractivity contribution in [1.82, 2.24) is 10.2 Å². The number of anilines is 1. The Morgan fingerprint density at radius 2 is 1.67 bits per heavy atom. The fourth-order valence-corrected chi connectivity index (χ4v) is 5.55. The molecule has 0 bridgehead atoms. The van der Waals surface area contributed by atoms with Gasteiger partial charge in [0, 0.05) is 18.6 Å². The SMILES string of the molecule is CNC(=O)C(C)N(Cc1cccc(Cl)c1)C(=O)CN(c1cc(C)ccc1C)S(=O)(=O)c1ccccc1. The van der Waals surface area contributed by atoms with Crippen molar-refractivity contribution in [1.29, 1.82) is 0 Å². The number of rotatable bonds is 9. The fraction of sp³-hybridized carbons (Fsp3) is 0.259. The lowest BCUT2D eigenvalue weighted by Crippen LogP contribution is -2.50. The summed E-state index contributed by atoms with van der Waals surface area (Å²) < 4.78 is 28.7. The number of carbonyl (C=O) groups is 2. The Kier molecular flexibility index (Phi) is 8.76. The molecule has 0 spiro atoms.